The molecule has 0 radical (unpaired) electrons. The summed E-state index contributed by atoms with van der Waals surface area (Å²) in [6.07, 6.45) is 5.37. The maximum Gasteiger partial charge on any atom is 0.100 e. The van der Waals surface area contributed by atoms with E-state index in [1.807, 2.05) is 12.1 Å². The van der Waals surface area contributed by atoms with E-state index < -0.39 is 0 Å². The third-order valence-electron chi connectivity index (χ3n) is 1.82. The van der Waals surface area contributed by atoms with E-state index in [0.717, 1.165) is 12.8 Å². The summed E-state index contributed by atoms with van der Waals surface area (Å²) in [6, 6.07) is 3.95. The molecule has 0 unspecified atom stereocenters. The van der Waals surface area contributed by atoms with Gasteiger partial charge in [-0.15, -0.1) is 23.5 Å². The summed E-state index contributed by atoms with van der Waals surface area (Å²) < 4.78 is 0. The lowest BCUT2D eigenvalue weighted by atomic mass is 10.0. The molecule has 0 aromatic heterocycles. The van der Waals surface area contributed by atoms with Crippen LogP contribution in [-0.2, 0) is 0 Å². The van der Waals surface area contributed by atoms with Gasteiger partial charge in [0.1, 0.15) is 12.1 Å². The second-order valence-corrected chi connectivity index (χ2v) is 4.49. The fourth-order valence-corrected chi connectivity index (χ4v) is 2.31. The smallest absolute Gasteiger partial charge is 0.100 e. The van der Waals surface area contributed by atoms with E-state index >= 15 is 0 Å². The molecule has 0 fully saturated rings. The summed E-state index contributed by atoms with van der Waals surface area (Å²) in [4.78, 5) is 0. The van der Waals surface area contributed by atoms with Crippen LogP contribution >= 0.6 is 23.5 Å². The van der Waals surface area contributed by atoms with Crippen molar-refractivity contribution in [3.8, 4) is 12.1 Å². The fraction of sp³-hybridized carbons (Fsp3) is 0.167. The molecule has 1 heterocycles. The van der Waals surface area contributed by atoms with Gasteiger partial charge in [0.25, 0.3) is 0 Å². The van der Waals surface area contributed by atoms with Crippen LogP contribution in [0.2, 0.25) is 0 Å². The second-order valence-electron chi connectivity index (χ2n) is 2.85. The number of nitriles is 2. The molecule has 1 aliphatic heterocycles. The summed E-state index contributed by atoms with van der Waals surface area (Å²) >= 11 is 3.43. The molecule has 0 aromatic rings. The maximum absolute atomic E-state index is 8.48. The summed E-state index contributed by atoms with van der Waals surface area (Å²) in [5.74, 6) is 0. The van der Waals surface area contributed by atoms with Gasteiger partial charge in [-0.2, -0.15) is 10.5 Å². The van der Waals surface area contributed by atoms with Crippen molar-refractivity contribution in [1.82, 2.24) is 0 Å². The average Bonchev–Trinajstić information content (AvgIpc) is 2.41. The third-order valence-corrected chi connectivity index (χ3v) is 3.34. The van der Waals surface area contributed by atoms with E-state index in [9.17, 15) is 0 Å². The normalized spacial score (nSPS) is 17.1. The minimum absolute atomic E-state index is 0.522. The Kier molecular flexibility index (Phi) is 6.25. The summed E-state index contributed by atoms with van der Waals surface area (Å²) in [7, 11) is 0. The van der Waals surface area contributed by atoms with Crippen LogP contribution in [0.25, 0.3) is 0 Å². The van der Waals surface area contributed by atoms with Gasteiger partial charge in [0.05, 0.1) is 11.1 Å². The molecule has 0 atom stereocenters. The van der Waals surface area contributed by atoms with Gasteiger partial charge < -0.3 is 0 Å². The van der Waals surface area contributed by atoms with Gasteiger partial charge in [0.2, 0.25) is 0 Å². The second kappa shape index (κ2) is 7.87. The Hall–Kier alpha value is -1.36. The number of hydrogen-bond donors (Lipinski definition) is 0. The minimum atomic E-state index is 0.522. The van der Waals surface area contributed by atoms with Gasteiger partial charge >= 0.3 is 0 Å². The number of allylic oxidation sites excluding steroid dienone is 4. The molecule has 0 N–H and O–H groups in total. The molecule has 0 spiro atoms. The number of thioether (sulfide) groups is 2. The van der Waals surface area contributed by atoms with Gasteiger partial charge in [0, 0.05) is 0 Å². The quantitative estimate of drug-likeness (QED) is 0.646. The summed E-state index contributed by atoms with van der Waals surface area (Å²) in [6.45, 7) is 0. The van der Waals surface area contributed by atoms with Gasteiger partial charge in [-0.1, -0.05) is 12.2 Å². The Balaban J connectivity index is 0.000000181. The van der Waals surface area contributed by atoms with Gasteiger partial charge in [0.15, 0.2) is 0 Å². The van der Waals surface area contributed by atoms with Crippen molar-refractivity contribution in [1.29, 1.82) is 10.5 Å². The van der Waals surface area contributed by atoms with E-state index in [0.29, 0.717) is 11.1 Å². The van der Waals surface area contributed by atoms with Gasteiger partial charge in [-0.05, 0) is 34.5 Å². The van der Waals surface area contributed by atoms with E-state index in [1.54, 1.807) is 35.7 Å². The molecule has 2 aliphatic rings. The molecule has 0 bridgehead atoms. The number of rotatable bonds is 0. The van der Waals surface area contributed by atoms with E-state index in [2.05, 4.69) is 21.6 Å². The third kappa shape index (κ3) is 4.44. The first kappa shape index (κ1) is 12.7. The monoisotopic (exact) mass is 246 g/mol. The molecular formula is C12H10N2S2. The molecule has 1 aliphatic carbocycles. The lowest BCUT2D eigenvalue weighted by molar-refractivity contribution is 1.01. The SMILES string of the molecule is C1=CSC=CS1.N#CC1=CCCC=C1C#N. The Bertz CT molecular complexity index is 381. The Morgan fingerprint density at radius 2 is 1.19 bits per heavy atom. The van der Waals surface area contributed by atoms with Gasteiger partial charge in [-0.25, -0.2) is 0 Å². The highest BCUT2D eigenvalue weighted by molar-refractivity contribution is 8.11. The Labute approximate surface area is 104 Å². The molecular weight excluding hydrogens is 236 g/mol. The lowest BCUT2D eigenvalue weighted by Crippen LogP contribution is -1.89. The zero-order chi connectivity index (χ0) is 11.6. The first-order chi connectivity index (χ1) is 7.88. The average molecular weight is 246 g/mol. The van der Waals surface area contributed by atoms with Crippen LogP contribution in [0.1, 0.15) is 12.8 Å². The van der Waals surface area contributed by atoms with Crippen molar-refractivity contribution >= 4 is 23.5 Å². The summed E-state index contributed by atoms with van der Waals surface area (Å²) in [5, 5.41) is 25.2. The maximum atomic E-state index is 8.48. The first-order valence-electron chi connectivity index (χ1n) is 4.70. The largest absolute Gasteiger partial charge is 0.192 e. The minimum Gasteiger partial charge on any atom is -0.192 e. The first-order valence-corrected chi connectivity index (χ1v) is 6.59. The van der Waals surface area contributed by atoms with Crippen LogP contribution in [0.4, 0.5) is 0 Å². The molecule has 2 rings (SSSR count). The van der Waals surface area contributed by atoms with Crippen molar-refractivity contribution in [3.63, 3.8) is 0 Å². The van der Waals surface area contributed by atoms with Crippen LogP contribution in [0.5, 0.6) is 0 Å². The molecule has 0 aromatic carbocycles. The van der Waals surface area contributed by atoms with Crippen molar-refractivity contribution in [2.45, 2.75) is 12.8 Å². The van der Waals surface area contributed by atoms with Crippen LogP contribution in [0.3, 0.4) is 0 Å². The van der Waals surface area contributed by atoms with E-state index in [4.69, 9.17) is 10.5 Å². The highest BCUT2D eigenvalue weighted by Gasteiger charge is 2.05. The van der Waals surface area contributed by atoms with Crippen LogP contribution in [0, 0.1) is 22.7 Å². The summed E-state index contributed by atoms with van der Waals surface area (Å²) in [5.41, 5.74) is 1.04. The van der Waals surface area contributed by atoms with Crippen LogP contribution < -0.4 is 0 Å². The molecule has 80 valence electrons. The molecule has 0 amide bonds. The number of nitrogens with zero attached hydrogens (tertiary/aromatic N) is 2. The van der Waals surface area contributed by atoms with Crippen molar-refractivity contribution in [3.05, 3.63) is 44.9 Å². The molecule has 2 nitrogen and oxygen atoms in total. The highest BCUT2D eigenvalue weighted by Crippen LogP contribution is 2.18. The fourth-order valence-electron chi connectivity index (χ4n) is 1.11. The molecule has 4 heteroatoms. The standard InChI is InChI=1S/C8H6N2.C4H4S2/c9-5-7-3-1-2-4-8(7)6-10;1-2-6-4-3-5-1/h3-4H,1-2H2;1-4H. The van der Waals surface area contributed by atoms with Crippen LogP contribution in [-0.4, -0.2) is 0 Å². The highest BCUT2D eigenvalue weighted by atomic mass is 32.2. The zero-order valence-electron chi connectivity index (χ0n) is 8.59. The molecule has 16 heavy (non-hydrogen) atoms. The van der Waals surface area contributed by atoms with Crippen molar-refractivity contribution in [2.24, 2.45) is 0 Å². The van der Waals surface area contributed by atoms with E-state index in [1.165, 1.54) is 0 Å². The topological polar surface area (TPSA) is 47.6 Å². The van der Waals surface area contributed by atoms with E-state index in [-0.39, 0.29) is 0 Å². The Morgan fingerprint density at radius 1 is 0.812 bits per heavy atom. The lowest BCUT2D eigenvalue weighted by Gasteiger charge is -2.00. The van der Waals surface area contributed by atoms with Gasteiger partial charge in [-0.3, -0.25) is 0 Å². The zero-order valence-corrected chi connectivity index (χ0v) is 10.2. The molecule has 0 saturated heterocycles. The Morgan fingerprint density at radius 3 is 1.44 bits per heavy atom. The van der Waals surface area contributed by atoms with Crippen molar-refractivity contribution in [2.75, 3.05) is 0 Å². The molecule has 0 saturated carbocycles. The van der Waals surface area contributed by atoms with Crippen LogP contribution in [0.15, 0.2) is 44.9 Å². The van der Waals surface area contributed by atoms with Crippen molar-refractivity contribution < 1.29 is 0 Å². The predicted molar refractivity (Wildman–Crippen MR) is 70.1 cm³/mol. The number of hydrogen-bond acceptors (Lipinski definition) is 4. The predicted octanol–water partition coefficient (Wildman–Crippen LogP) is 4.09.